The largest absolute Gasteiger partial charge is 0.590 e. The number of hydrogen-bond donors (Lipinski definition) is 3. The van der Waals surface area contributed by atoms with E-state index in [1.54, 1.807) is 30.6 Å². The van der Waals surface area contributed by atoms with E-state index in [1.165, 1.54) is 5.38 Å². The highest BCUT2D eigenvalue weighted by Crippen LogP contribution is 2.39. The van der Waals surface area contributed by atoms with Crippen LogP contribution >= 0.6 is 10.8 Å². The van der Waals surface area contributed by atoms with Crippen molar-refractivity contribution in [3.05, 3.63) is 41.5 Å². The lowest BCUT2D eigenvalue weighted by Crippen LogP contribution is -2.35. The van der Waals surface area contributed by atoms with Crippen LogP contribution in [0.25, 0.3) is 10.1 Å². The van der Waals surface area contributed by atoms with E-state index in [1.807, 2.05) is 0 Å². The van der Waals surface area contributed by atoms with Crippen LogP contribution in [-0.4, -0.2) is 15.8 Å². The predicted molar refractivity (Wildman–Crippen MR) is 67.3 cm³/mol. The molecule has 18 heavy (non-hydrogen) atoms. The molecule has 1 aliphatic heterocycles. The van der Waals surface area contributed by atoms with Gasteiger partial charge in [0, 0.05) is 12.4 Å². The molecule has 0 radical (unpaired) electrons. The summed E-state index contributed by atoms with van der Waals surface area (Å²) in [5, 5.41) is 17.0. The van der Waals surface area contributed by atoms with Crippen LogP contribution in [0.4, 0.5) is 4.39 Å². The quantitative estimate of drug-likeness (QED) is 0.729. The normalized spacial score (nSPS) is 17.8. The van der Waals surface area contributed by atoms with Gasteiger partial charge in [-0.05, 0) is 28.4 Å². The van der Waals surface area contributed by atoms with E-state index in [9.17, 15) is 14.0 Å². The molecule has 3 rings (SSSR count). The Bertz CT molecular complexity index is 618. The van der Waals surface area contributed by atoms with Gasteiger partial charge in [0.25, 0.3) is 0 Å². The van der Waals surface area contributed by atoms with Gasteiger partial charge in [-0.25, -0.2) is 4.39 Å². The molecule has 2 heterocycles. The number of aromatic hydroxyl groups is 1. The molecule has 2 aromatic rings. The van der Waals surface area contributed by atoms with Gasteiger partial charge in [0.1, 0.15) is 6.17 Å². The number of rotatable bonds is 2. The molecular formula is C12H11FN2O2S. The fraction of sp³-hybridized carbons (Fsp3) is 0.167. The van der Waals surface area contributed by atoms with Crippen LogP contribution in [0.3, 0.4) is 0 Å². The molecule has 0 bridgehead atoms. The summed E-state index contributed by atoms with van der Waals surface area (Å²) in [5.74, 6) is -0.0529. The molecule has 94 valence electrons. The third kappa shape index (κ3) is 1.70. The second-order valence-electron chi connectivity index (χ2n) is 4.10. The minimum atomic E-state index is -1.33. The van der Waals surface area contributed by atoms with Crippen molar-refractivity contribution in [3.63, 3.8) is 0 Å². The van der Waals surface area contributed by atoms with Crippen molar-refractivity contribution in [3.8, 4) is 5.75 Å². The van der Waals surface area contributed by atoms with E-state index in [0.29, 0.717) is 15.6 Å². The molecule has 0 fully saturated rings. The van der Waals surface area contributed by atoms with Crippen molar-refractivity contribution < 1.29 is 14.0 Å². The molecule has 0 saturated heterocycles. The van der Waals surface area contributed by atoms with Crippen molar-refractivity contribution in [2.24, 2.45) is 0 Å². The first kappa shape index (κ1) is 11.3. The van der Waals surface area contributed by atoms with Crippen molar-refractivity contribution >= 4 is 20.8 Å². The smallest absolute Gasteiger partial charge is 0.183 e. The van der Waals surface area contributed by atoms with Crippen molar-refractivity contribution in [1.29, 1.82) is 0 Å². The van der Waals surface area contributed by atoms with Gasteiger partial charge < -0.3 is 20.3 Å². The zero-order chi connectivity index (χ0) is 12.7. The molecule has 1 aliphatic rings. The molecule has 0 spiro atoms. The maximum absolute atomic E-state index is 14.2. The first-order chi connectivity index (χ1) is 8.66. The minimum Gasteiger partial charge on any atom is -0.590 e. The molecule has 0 aliphatic carbocycles. The van der Waals surface area contributed by atoms with Crippen LogP contribution in [0.5, 0.6) is 5.75 Å². The molecule has 0 saturated carbocycles. The van der Waals surface area contributed by atoms with Crippen LogP contribution in [0.15, 0.2) is 36.0 Å². The topological polar surface area (TPSA) is 67.3 Å². The summed E-state index contributed by atoms with van der Waals surface area (Å²) in [4.78, 5) is 0. The highest BCUT2D eigenvalue weighted by atomic mass is 32.2. The Balaban J connectivity index is 1.99. The number of fused-ring (bicyclic) bond motifs is 1. The zero-order valence-corrected chi connectivity index (χ0v) is 10.1. The molecule has 4 nitrogen and oxygen atoms in total. The van der Waals surface area contributed by atoms with Gasteiger partial charge in [-0.1, -0.05) is 6.07 Å². The van der Waals surface area contributed by atoms with E-state index in [0.717, 1.165) is 0 Å². The number of hydrogen-bond acceptors (Lipinski definition) is 4. The van der Waals surface area contributed by atoms with Crippen LogP contribution in [-0.2, 0) is 0 Å². The van der Waals surface area contributed by atoms with E-state index in [4.69, 9.17) is 0 Å². The van der Waals surface area contributed by atoms with Crippen LogP contribution in [0.2, 0.25) is 0 Å². The average Bonchev–Trinajstić information content (AvgIpc) is 2.98. The molecule has 2 unspecified atom stereocenters. The molecular weight excluding hydrogens is 255 g/mol. The number of thiophene rings is 1. The maximum atomic E-state index is 14.2. The molecule has 0 amide bonds. The standard InChI is InChI=1S/C12H11FN2O2S/c13-11(12-14-3-4-15-12)7-1-2-10-8(5-7)9(16)6-18(10)17/h1-6,11-12,14-16H. The minimum absolute atomic E-state index is 0.0529. The molecule has 1 aromatic carbocycles. The van der Waals surface area contributed by atoms with E-state index in [2.05, 4.69) is 10.6 Å². The highest BCUT2D eigenvalue weighted by Gasteiger charge is 2.24. The van der Waals surface area contributed by atoms with Crippen LogP contribution in [0, 0.1) is 0 Å². The van der Waals surface area contributed by atoms with Gasteiger partial charge in [-0.15, -0.1) is 0 Å². The Kier molecular flexibility index (Phi) is 2.61. The van der Waals surface area contributed by atoms with Gasteiger partial charge in [0.05, 0.1) is 5.39 Å². The van der Waals surface area contributed by atoms with Crippen molar-refractivity contribution in [1.82, 2.24) is 10.6 Å². The van der Waals surface area contributed by atoms with Gasteiger partial charge in [0.2, 0.25) is 0 Å². The van der Waals surface area contributed by atoms with Gasteiger partial charge in [-0.2, -0.15) is 0 Å². The summed E-state index contributed by atoms with van der Waals surface area (Å²) in [6.07, 6.45) is 1.50. The average molecular weight is 266 g/mol. The summed E-state index contributed by atoms with van der Waals surface area (Å²) >= 11 is 0. The summed E-state index contributed by atoms with van der Waals surface area (Å²) < 4.78 is 26.3. The lowest BCUT2D eigenvalue weighted by Gasteiger charge is -2.17. The number of benzene rings is 1. The summed E-state index contributed by atoms with van der Waals surface area (Å²) in [7, 11) is -1.33. The van der Waals surface area contributed by atoms with E-state index < -0.39 is 23.1 Å². The third-order valence-electron chi connectivity index (χ3n) is 2.96. The Hall–Kier alpha value is -1.79. The van der Waals surface area contributed by atoms with Crippen LogP contribution < -0.4 is 10.6 Å². The summed E-state index contributed by atoms with van der Waals surface area (Å²) in [5.41, 5.74) is 0.432. The van der Waals surface area contributed by atoms with E-state index in [-0.39, 0.29) is 5.75 Å². The summed E-state index contributed by atoms with van der Waals surface area (Å²) in [6.45, 7) is 0. The number of alkyl halides is 1. The Morgan fingerprint density at radius 1 is 1.33 bits per heavy atom. The lowest BCUT2D eigenvalue weighted by molar-refractivity contribution is 0.259. The number of nitrogens with one attached hydrogen (secondary N) is 2. The number of halogens is 1. The fourth-order valence-corrected chi connectivity index (χ4v) is 3.08. The Labute approximate surface area is 106 Å². The molecule has 1 aromatic heterocycles. The van der Waals surface area contributed by atoms with Crippen molar-refractivity contribution in [2.45, 2.75) is 12.3 Å². The fourth-order valence-electron chi connectivity index (χ4n) is 2.04. The Morgan fingerprint density at radius 3 is 2.78 bits per heavy atom. The SMILES string of the molecule is [O-][s+]1cc(O)c2cc(C(F)C3NC=CN3)ccc21. The second kappa shape index (κ2) is 4.15. The summed E-state index contributed by atoms with van der Waals surface area (Å²) in [6, 6.07) is 4.73. The predicted octanol–water partition coefficient (Wildman–Crippen LogP) is 2.27. The van der Waals surface area contributed by atoms with E-state index >= 15 is 0 Å². The van der Waals surface area contributed by atoms with Crippen LogP contribution in [0.1, 0.15) is 11.7 Å². The first-order valence-electron chi connectivity index (χ1n) is 5.44. The second-order valence-corrected chi connectivity index (χ2v) is 5.37. The Morgan fingerprint density at radius 2 is 2.06 bits per heavy atom. The zero-order valence-electron chi connectivity index (χ0n) is 9.26. The van der Waals surface area contributed by atoms with Gasteiger partial charge in [0.15, 0.2) is 22.0 Å². The third-order valence-corrected chi connectivity index (χ3v) is 4.19. The maximum Gasteiger partial charge on any atom is 0.183 e. The van der Waals surface area contributed by atoms with Crippen molar-refractivity contribution in [2.75, 3.05) is 0 Å². The monoisotopic (exact) mass is 266 g/mol. The van der Waals surface area contributed by atoms with Gasteiger partial charge >= 0.3 is 0 Å². The molecule has 6 heteroatoms. The molecule has 3 N–H and O–H groups in total. The highest BCUT2D eigenvalue weighted by molar-refractivity contribution is 7.30. The first-order valence-corrected chi connectivity index (χ1v) is 6.65. The lowest BCUT2D eigenvalue weighted by atomic mass is 10.1. The molecule has 2 atom stereocenters. The van der Waals surface area contributed by atoms with Gasteiger partial charge in [-0.3, -0.25) is 0 Å².